The van der Waals surface area contributed by atoms with Crippen LogP contribution in [0, 0.1) is 0 Å². The Hall–Kier alpha value is -2.21. The van der Waals surface area contributed by atoms with Gasteiger partial charge in [-0.05, 0) is 31.0 Å². The average molecular weight is 273 g/mol. The quantitative estimate of drug-likeness (QED) is 0.862. The SMILES string of the molecule is CCC(C)(N)C(=O)Nc1ccc(Cn2cncn2)cc1. The Kier molecular flexibility index (Phi) is 4.14. The Labute approximate surface area is 118 Å². The minimum atomic E-state index is -0.848. The molecule has 20 heavy (non-hydrogen) atoms. The second-order valence-corrected chi connectivity index (χ2v) is 5.02. The van der Waals surface area contributed by atoms with Crippen molar-refractivity contribution in [3.63, 3.8) is 0 Å². The third-order valence-electron chi connectivity index (χ3n) is 3.28. The Morgan fingerprint density at radius 1 is 1.40 bits per heavy atom. The number of benzene rings is 1. The lowest BCUT2D eigenvalue weighted by molar-refractivity contribution is -0.120. The van der Waals surface area contributed by atoms with E-state index in [0.29, 0.717) is 13.0 Å². The molecule has 0 saturated heterocycles. The van der Waals surface area contributed by atoms with Gasteiger partial charge in [0.1, 0.15) is 12.7 Å². The molecule has 1 atom stereocenters. The van der Waals surface area contributed by atoms with E-state index in [0.717, 1.165) is 11.3 Å². The molecule has 1 unspecified atom stereocenters. The Bertz CT molecular complexity index is 560. The maximum absolute atomic E-state index is 11.9. The van der Waals surface area contributed by atoms with Gasteiger partial charge in [0.25, 0.3) is 0 Å². The van der Waals surface area contributed by atoms with Gasteiger partial charge in [0.05, 0.1) is 12.1 Å². The average Bonchev–Trinajstić information content (AvgIpc) is 2.94. The number of amides is 1. The number of hydrogen-bond acceptors (Lipinski definition) is 4. The molecule has 2 rings (SSSR count). The van der Waals surface area contributed by atoms with Crippen molar-refractivity contribution in [1.29, 1.82) is 0 Å². The van der Waals surface area contributed by atoms with Crippen molar-refractivity contribution in [3.05, 3.63) is 42.5 Å². The second-order valence-electron chi connectivity index (χ2n) is 5.02. The predicted octanol–water partition coefficient (Wildman–Crippen LogP) is 1.39. The van der Waals surface area contributed by atoms with E-state index in [1.54, 1.807) is 17.9 Å². The summed E-state index contributed by atoms with van der Waals surface area (Å²) < 4.78 is 1.74. The maximum atomic E-state index is 11.9. The molecule has 1 aromatic carbocycles. The van der Waals surface area contributed by atoms with Gasteiger partial charge in [-0.15, -0.1) is 0 Å². The zero-order valence-electron chi connectivity index (χ0n) is 11.7. The van der Waals surface area contributed by atoms with Gasteiger partial charge in [-0.1, -0.05) is 19.1 Å². The molecule has 6 nitrogen and oxygen atoms in total. The molecule has 1 amide bonds. The van der Waals surface area contributed by atoms with Gasteiger partial charge < -0.3 is 11.1 Å². The highest BCUT2D eigenvalue weighted by Crippen LogP contribution is 2.13. The summed E-state index contributed by atoms with van der Waals surface area (Å²) in [5.74, 6) is -0.177. The van der Waals surface area contributed by atoms with Gasteiger partial charge >= 0.3 is 0 Å². The summed E-state index contributed by atoms with van der Waals surface area (Å²) in [4.78, 5) is 15.8. The second kappa shape index (κ2) is 5.83. The summed E-state index contributed by atoms with van der Waals surface area (Å²) in [5.41, 5.74) is 6.87. The topological polar surface area (TPSA) is 85.8 Å². The number of aromatic nitrogens is 3. The van der Waals surface area contributed by atoms with E-state index in [1.165, 1.54) is 6.33 Å². The van der Waals surface area contributed by atoms with Crippen molar-refractivity contribution < 1.29 is 4.79 Å². The van der Waals surface area contributed by atoms with Crippen LogP contribution < -0.4 is 11.1 Å². The minimum Gasteiger partial charge on any atom is -0.325 e. The van der Waals surface area contributed by atoms with Crippen molar-refractivity contribution in [2.45, 2.75) is 32.4 Å². The van der Waals surface area contributed by atoms with E-state index in [-0.39, 0.29) is 5.91 Å². The molecule has 1 aromatic heterocycles. The summed E-state index contributed by atoms with van der Waals surface area (Å²) in [7, 11) is 0. The van der Waals surface area contributed by atoms with E-state index in [2.05, 4.69) is 15.4 Å². The number of nitrogens with two attached hydrogens (primary N) is 1. The highest BCUT2D eigenvalue weighted by molar-refractivity contribution is 5.97. The van der Waals surface area contributed by atoms with E-state index >= 15 is 0 Å². The lowest BCUT2D eigenvalue weighted by atomic mass is 9.99. The van der Waals surface area contributed by atoms with E-state index < -0.39 is 5.54 Å². The van der Waals surface area contributed by atoms with Crippen LogP contribution >= 0.6 is 0 Å². The van der Waals surface area contributed by atoms with Crippen LogP contribution in [0.25, 0.3) is 0 Å². The fourth-order valence-corrected chi connectivity index (χ4v) is 1.63. The largest absolute Gasteiger partial charge is 0.325 e. The van der Waals surface area contributed by atoms with Gasteiger partial charge in [-0.3, -0.25) is 4.79 Å². The van der Waals surface area contributed by atoms with Gasteiger partial charge in [-0.2, -0.15) is 5.10 Å². The molecule has 0 aliphatic rings. The normalized spacial score (nSPS) is 13.8. The number of carbonyl (C=O) groups is 1. The van der Waals surface area contributed by atoms with Crippen molar-refractivity contribution >= 4 is 11.6 Å². The maximum Gasteiger partial charge on any atom is 0.244 e. The highest BCUT2D eigenvalue weighted by Gasteiger charge is 2.25. The molecule has 0 spiro atoms. The van der Waals surface area contributed by atoms with Crippen LogP contribution in [-0.4, -0.2) is 26.2 Å². The molecule has 1 heterocycles. The standard InChI is InChI=1S/C14H19N5O/c1-3-14(2,15)13(20)18-12-6-4-11(5-7-12)8-19-10-16-9-17-19/h4-7,9-10H,3,8,15H2,1-2H3,(H,18,20). The molecule has 0 fully saturated rings. The van der Waals surface area contributed by atoms with Crippen LogP contribution in [-0.2, 0) is 11.3 Å². The first-order valence-corrected chi connectivity index (χ1v) is 6.53. The van der Waals surface area contributed by atoms with Crippen LogP contribution in [0.1, 0.15) is 25.8 Å². The van der Waals surface area contributed by atoms with Gasteiger partial charge in [0.2, 0.25) is 5.91 Å². The number of hydrogen-bond donors (Lipinski definition) is 2. The molecule has 6 heteroatoms. The van der Waals surface area contributed by atoms with E-state index in [4.69, 9.17) is 5.73 Å². The Morgan fingerprint density at radius 3 is 2.65 bits per heavy atom. The number of anilines is 1. The van der Waals surface area contributed by atoms with Crippen LogP contribution in [0.5, 0.6) is 0 Å². The van der Waals surface area contributed by atoms with E-state index in [9.17, 15) is 4.79 Å². The summed E-state index contributed by atoms with van der Waals surface area (Å²) in [5, 5.41) is 6.87. The molecule has 0 bridgehead atoms. The number of rotatable bonds is 5. The molecular weight excluding hydrogens is 254 g/mol. The van der Waals surface area contributed by atoms with Crippen LogP contribution in [0.2, 0.25) is 0 Å². The number of carbonyl (C=O) groups excluding carboxylic acids is 1. The van der Waals surface area contributed by atoms with Crippen molar-refractivity contribution in [2.75, 3.05) is 5.32 Å². The third-order valence-corrected chi connectivity index (χ3v) is 3.28. The zero-order valence-corrected chi connectivity index (χ0v) is 11.7. The van der Waals surface area contributed by atoms with Gasteiger partial charge in [0.15, 0.2) is 0 Å². The van der Waals surface area contributed by atoms with Crippen LogP contribution in [0.15, 0.2) is 36.9 Å². The van der Waals surface area contributed by atoms with Gasteiger partial charge in [0, 0.05) is 5.69 Å². The van der Waals surface area contributed by atoms with Crippen molar-refractivity contribution in [1.82, 2.24) is 14.8 Å². The molecule has 106 valence electrons. The molecule has 3 N–H and O–H groups in total. The Balaban J connectivity index is 2.00. The lowest BCUT2D eigenvalue weighted by Crippen LogP contribution is -2.47. The summed E-state index contributed by atoms with van der Waals surface area (Å²) in [6, 6.07) is 7.60. The van der Waals surface area contributed by atoms with E-state index in [1.807, 2.05) is 31.2 Å². The van der Waals surface area contributed by atoms with Crippen LogP contribution in [0.3, 0.4) is 0 Å². The van der Waals surface area contributed by atoms with Crippen molar-refractivity contribution in [2.24, 2.45) is 5.73 Å². The molecule has 2 aromatic rings. The first-order valence-electron chi connectivity index (χ1n) is 6.53. The number of nitrogens with one attached hydrogen (secondary N) is 1. The minimum absolute atomic E-state index is 0.177. The predicted molar refractivity (Wildman–Crippen MR) is 77.1 cm³/mol. The fourth-order valence-electron chi connectivity index (χ4n) is 1.63. The number of nitrogens with zero attached hydrogens (tertiary/aromatic N) is 3. The Morgan fingerprint density at radius 2 is 2.10 bits per heavy atom. The summed E-state index contributed by atoms with van der Waals surface area (Å²) >= 11 is 0. The fraction of sp³-hybridized carbons (Fsp3) is 0.357. The highest BCUT2D eigenvalue weighted by atomic mass is 16.2. The van der Waals surface area contributed by atoms with Gasteiger partial charge in [-0.25, -0.2) is 9.67 Å². The first-order chi connectivity index (χ1) is 9.51. The third kappa shape index (κ3) is 3.42. The smallest absolute Gasteiger partial charge is 0.244 e. The zero-order chi connectivity index (χ0) is 14.6. The first kappa shape index (κ1) is 14.2. The summed E-state index contributed by atoms with van der Waals surface area (Å²) in [6.45, 7) is 4.26. The summed E-state index contributed by atoms with van der Waals surface area (Å²) in [6.07, 6.45) is 3.75. The molecule has 0 aliphatic carbocycles. The molecular formula is C14H19N5O. The lowest BCUT2D eigenvalue weighted by Gasteiger charge is -2.21. The monoisotopic (exact) mass is 273 g/mol. The van der Waals surface area contributed by atoms with Crippen LogP contribution in [0.4, 0.5) is 5.69 Å². The molecule has 0 saturated carbocycles. The molecule has 0 radical (unpaired) electrons. The van der Waals surface area contributed by atoms with Crippen molar-refractivity contribution in [3.8, 4) is 0 Å². The molecule has 0 aliphatic heterocycles.